The molecule has 1 aromatic carbocycles. The first-order valence-electron chi connectivity index (χ1n) is 6.14. The zero-order valence-corrected chi connectivity index (χ0v) is 9.91. The number of anilines is 2. The van der Waals surface area contributed by atoms with Crippen LogP contribution in [-0.4, -0.2) is 19.0 Å². The van der Waals surface area contributed by atoms with Gasteiger partial charge in [-0.3, -0.25) is 4.79 Å². The summed E-state index contributed by atoms with van der Waals surface area (Å²) in [5.41, 5.74) is 7.34. The number of carbonyl (C=O) groups excluding carboxylic acids is 1. The molecule has 0 heterocycles. The molecule has 0 spiro atoms. The van der Waals surface area contributed by atoms with E-state index in [0.717, 1.165) is 37.2 Å². The molecule has 0 unspecified atom stereocenters. The van der Waals surface area contributed by atoms with Crippen LogP contribution in [0.25, 0.3) is 0 Å². The van der Waals surface area contributed by atoms with Crippen LogP contribution >= 0.6 is 0 Å². The number of nitrogens with one attached hydrogen (secondary N) is 2. The molecule has 1 aliphatic carbocycles. The van der Waals surface area contributed by atoms with Crippen LogP contribution < -0.4 is 16.4 Å². The lowest BCUT2D eigenvalue weighted by Crippen LogP contribution is -2.13. The van der Waals surface area contributed by atoms with Gasteiger partial charge in [-0.15, -0.1) is 0 Å². The molecule has 2 rings (SSSR count). The minimum absolute atomic E-state index is 0.147. The van der Waals surface area contributed by atoms with E-state index in [-0.39, 0.29) is 11.8 Å². The van der Waals surface area contributed by atoms with Crippen molar-refractivity contribution in [1.29, 1.82) is 0 Å². The van der Waals surface area contributed by atoms with Crippen molar-refractivity contribution < 1.29 is 4.79 Å². The highest BCUT2D eigenvalue weighted by Gasteiger charge is 2.29. The first kappa shape index (κ1) is 11.9. The lowest BCUT2D eigenvalue weighted by molar-refractivity contribution is -0.117. The van der Waals surface area contributed by atoms with E-state index in [4.69, 9.17) is 5.73 Å². The third-order valence-electron chi connectivity index (χ3n) is 2.81. The van der Waals surface area contributed by atoms with Crippen LogP contribution in [0.15, 0.2) is 24.3 Å². The smallest absolute Gasteiger partial charge is 0.227 e. The highest BCUT2D eigenvalue weighted by molar-refractivity contribution is 5.94. The number of benzene rings is 1. The predicted octanol–water partition coefficient (Wildman–Crippen LogP) is 1.80. The number of amides is 1. The van der Waals surface area contributed by atoms with Crippen molar-refractivity contribution in [2.45, 2.75) is 19.3 Å². The van der Waals surface area contributed by atoms with Crippen molar-refractivity contribution in [1.82, 2.24) is 0 Å². The number of hydrogen-bond donors (Lipinski definition) is 3. The maximum absolute atomic E-state index is 11.5. The van der Waals surface area contributed by atoms with Crippen LogP contribution in [0, 0.1) is 5.92 Å². The van der Waals surface area contributed by atoms with Gasteiger partial charge in [0.1, 0.15) is 0 Å². The minimum Gasteiger partial charge on any atom is -0.385 e. The van der Waals surface area contributed by atoms with Gasteiger partial charge < -0.3 is 16.4 Å². The number of rotatable bonds is 6. The Kier molecular flexibility index (Phi) is 3.98. The Hall–Kier alpha value is -1.55. The summed E-state index contributed by atoms with van der Waals surface area (Å²) in [4.78, 5) is 11.5. The molecule has 1 amide bonds. The quantitative estimate of drug-likeness (QED) is 0.656. The molecule has 4 heteroatoms. The molecule has 0 saturated heterocycles. The Morgan fingerprint density at radius 2 is 1.88 bits per heavy atom. The monoisotopic (exact) mass is 233 g/mol. The number of hydrogen-bond acceptors (Lipinski definition) is 3. The van der Waals surface area contributed by atoms with Crippen molar-refractivity contribution in [2.24, 2.45) is 11.7 Å². The molecule has 0 aromatic heterocycles. The van der Waals surface area contributed by atoms with Gasteiger partial charge in [0, 0.05) is 23.8 Å². The van der Waals surface area contributed by atoms with Gasteiger partial charge in [-0.05, 0) is 50.1 Å². The molecular weight excluding hydrogens is 214 g/mol. The predicted molar refractivity (Wildman–Crippen MR) is 70.0 cm³/mol. The van der Waals surface area contributed by atoms with E-state index in [2.05, 4.69) is 10.6 Å². The summed E-state index contributed by atoms with van der Waals surface area (Å²) in [6.07, 6.45) is 3.02. The van der Waals surface area contributed by atoms with E-state index >= 15 is 0 Å². The Morgan fingerprint density at radius 3 is 2.47 bits per heavy atom. The van der Waals surface area contributed by atoms with Crippen LogP contribution in [0.3, 0.4) is 0 Å². The fourth-order valence-electron chi connectivity index (χ4n) is 1.60. The lowest BCUT2D eigenvalue weighted by atomic mass is 10.2. The molecule has 0 aliphatic heterocycles. The molecular formula is C13H19N3O. The van der Waals surface area contributed by atoms with Gasteiger partial charge in [0.15, 0.2) is 0 Å². The summed E-state index contributed by atoms with van der Waals surface area (Å²) < 4.78 is 0. The molecule has 1 saturated carbocycles. The van der Waals surface area contributed by atoms with Crippen LogP contribution in [0.5, 0.6) is 0 Å². The van der Waals surface area contributed by atoms with Crippen molar-refractivity contribution in [3.05, 3.63) is 24.3 Å². The maximum atomic E-state index is 11.5. The maximum Gasteiger partial charge on any atom is 0.227 e. The van der Waals surface area contributed by atoms with Crippen LogP contribution in [-0.2, 0) is 4.79 Å². The summed E-state index contributed by atoms with van der Waals surface area (Å²) in [7, 11) is 0. The Balaban J connectivity index is 1.82. The molecule has 0 atom stereocenters. The van der Waals surface area contributed by atoms with E-state index in [1.165, 1.54) is 0 Å². The highest BCUT2D eigenvalue weighted by atomic mass is 16.2. The average molecular weight is 233 g/mol. The summed E-state index contributed by atoms with van der Waals surface area (Å²) in [6, 6.07) is 7.79. The van der Waals surface area contributed by atoms with E-state index in [0.29, 0.717) is 6.54 Å². The molecule has 1 aromatic rings. The van der Waals surface area contributed by atoms with Gasteiger partial charge in [-0.1, -0.05) is 0 Å². The number of nitrogens with two attached hydrogens (primary N) is 1. The molecule has 4 nitrogen and oxygen atoms in total. The van der Waals surface area contributed by atoms with E-state index in [1.54, 1.807) is 0 Å². The molecule has 92 valence electrons. The van der Waals surface area contributed by atoms with Gasteiger partial charge in [-0.2, -0.15) is 0 Å². The van der Waals surface area contributed by atoms with Gasteiger partial charge in [0.25, 0.3) is 0 Å². The Labute approximate surface area is 102 Å². The second kappa shape index (κ2) is 5.68. The van der Waals surface area contributed by atoms with E-state index < -0.39 is 0 Å². The normalized spacial score (nSPS) is 14.4. The standard InChI is InChI=1S/C13H19N3O/c14-8-1-9-15-11-4-6-12(7-5-11)16-13(17)10-2-3-10/h4-7,10,15H,1-3,8-9,14H2,(H,16,17). The van der Waals surface area contributed by atoms with Gasteiger partial charge in [0.2, 0.25) is 5.91 Å². The Morgan fingerprint density at radius 1 is 1.24 bits per heavy atom. The topological polar surface area (TPSA) is 67.2 Å². The fourth-order valence-corrected chi connectivity index (χ4v) is 1.60. The summed E-state index contributed by atoms with van der Waals surface area (Å²) >= 11 is 0. The van der Waals surface area contributed by atoms with Crippen molar-refractivity contribution >= 4 is 17.3 Å². The van der Waals surface area contributed by atoms with Crippen LogP contribution in [0.4, 0.5) is 11.4 Å². The average Bonchev–Trinajstić information content (AvgIpc) is 3.16. The molecule has 1 fully saturated rings. The summed E-state index contributed by atoms with van der Waals surface area (Å²) in [5, 5.41) is 6.18. The molecule has 0 bridgehead atoms. The zero-order chi connectivity index (χ0) is 12.1. The third kappa shape index (κ3) is 3.75. The third-order valence-corrected chi connectivity index (χ3v) is 2.81. The van der Waals surface area contributed by atoms with Crippen molar-refractivity contribution in [3.63, 3.8) is 0 Å². The van der Waals surface area contributed by atoms with Crippen molar-refractivity contribution in [3.8, 4) is 0 Å². The van der Waals surface area contributed by atoms with E-state index in [1.807, 2.05) is 24.3 Å². The van der Waals surface area contributed by atoms with Crippen LogP contribution in [0.2, 0.25) is 0 Å². The fraction of sp³-hybridized carbons (Fsp3) is 0.462. The zero-order valence-electron chi connectivity index (χ0n) is 9.91. The molecule has 1 aliphatic rings. The first-order valence-corrected chi connectivity index (χ1v) is 6.14. The number of carbonyl (C=O) groups is 1. The first-order chi connectivity index (χ1) is 8.29. The largest absolute Gasteiger partial charge is 0.385 e. The Bertz CT molecular complexity index is 371. The molecule has 0 radical (unpaired) electrons. The SMILES string of the molecule is NCCCNc1ccc(NC(=O)C2CC2)cc1. The van der Waals surface area contributed by atoms with Crippen molar-refractivity contribution in [2.75, 3.05) is 23.7 Å². The lowest BCUT2D eigenvalue weighted by Gasteiger charge is -2.07. The van der Waals surface area contributed by atoms with Gasteiger partial charge in [-0.25, -0.2) is 0 Å². The van der Waals surface area contributed by atoms with Gasteiger partial charge in [0.05, 0.1) is 0 Å². The second-order valence-corrected chi connectivity index (χ2v) is 4.41. The van der Waals surface area contributed by atoms with Crippen LogP contribution in [0.1, 0.15) is 19.3 Å². The second-order valence-electron chi connectivity index (χ2n) is 4.41. The summed E-state index contributed by atoms with van der Waals surface area (Å²) in [6.45, 7) is 1.58. The van der Waals surface area contributed by atoms with Gasteiger partial charge >= 0.3 is 0 Å². The van der Waals surface area contributed by atoms with E-state index in [9.17, 15) is 4.79 Å². The highest BCUT2D eigenvalue weighted by Crippen LogP contribution is 2.30. The summed E-state index contributed by atoms with van der Waals surface area (Å²) in [5.74, 6) is 0.395. The minimum atomic E-state index is 0.147. The molecule has 17 heavy (non-hydrogen) atoms. The molecule has 4 N–H and O–H groups in total.